The molecule has 0 saturated carbocycles. The molecule has 1 heterocycles. The molecular formula is C21H19ClN2O5S. The van der Waals surface area contributed by atoms with Crippen molar-refractivity contribution in [1.82, 2.24) is 5.32 Å². The molecule has 1 fully saturated rings. The van der Waals surface area contributed by atoms with Gasteiger partial charge in [0.1, 0.15) is 0 Å². The lowest BCUT2D eigenvalue weighted by Crippen LogP contribution is -2.19. The summed E-state index contributed by atoms with van der Waals surface area (Å²) in [4.78, 5) is 28.0. The Morgan fingerprint density at radius 3 is 2.73 bits per heavy atom. The van der Waals surface area contributed by atoms with Gasteiger partial charge in [0, 0.05) is 5.02 Å². The number of aryl methyl sites for hydroxylation is 1. The number of benzene rings is 2. The molecule has 0 aromatic heterocycles. The van der Waals surface area contributed by atoms with Gasteiger partial charge in [0.15, 0.2) is 23.3 Å². The first kappa shape index (κ1) is 21.7. The second kappa shape index (κ2) is 9.69. The quantitative estimate of drug-likeness (QED) is 0.612. The van der Waals surface area contributed by atoms with Gasteiger partial charge in [-0.3, -0.25) is 4.79 Å². The molecule has 1 saturated heterocycles. The van der Waals surface area contributed by atoms with Crippen LogP contribution in [0.3, 0.4) is 0 Å². The molecule has 2 N–H and O–H groups in total. The second-order valence-corrected chi connectivity index (χ2v) is 7.67. The van der Waals surface area contributed by atoms with E-state index in [2.05, 4.69) is 10.3 Å². The van der Waals surface area contributed by atoms with Crippen LogP contribution in [0.25, 0.3) is 6.08 Å². The number of hydrogen-bond donors (Lipinski definition) is 2. The summed E-state index contributed by atoms with van der Waals surface area (Å²) in [7, 11) is 0. The molecule has 2 aromatic rings. The zero-order valence-electron chi connectivity index (χ0n) is 16.3. The fourth-order valence-electron chi connectivity index (χ4n) is 2.54. The van der Waals surface area contributed by atoms with E-state index in [1.165, 1.54) is 11.8 Å². The van der Waals surface area contributed by atoms with Crippen LogP contribution in [0.5, 0.6) is 11.5 Å². The lowest BCUT2D eigenvalue weighted by Gasteiger charge is -2.11. The van der Waals surface area contributed by atoms with Gasteiger partial charge < -0.3 is 19.9 Å². The number of rotatable bonds is 7. The highest BCUT2D eigenvalue weighted by molar-refractivity contribution is 8.18. The standard InChI is InChI=1S/C21H19ClN2O5S/c1-3-28-17-8-13(5-7-16(17)29-11-19(25)26)9-18-20(27)24-21(30-18)23-14-6-4-12(2)15(22)10-14/h4-10H,3,11H2,1-2H3,(H,25,26)(H,23,24,27)/b18-9-. The van der Waals surface area contributed by atoms with Crippen molar-refractivity contribution in [2.75, 3.05) is 13.2 Å². The van der Waals surface area contributed by atoms with E-state index in [1.807, 2.05) is 26.0 Å². The van der Waals surface area contributed by atoms with Crippen molar-refractivity contribution in [3.05, 3.63) is 57.5 Å². The fraction of sp³-hybridized carbons (Fsp3) is 0.190. The molecule has 0 radical (unpaired) electrons. The number of aliphatic imine (C=N–C) groups is 1. The Morgan fingerprint density at radius 1 is 1.23 bits per heavy atom. The van der Waals surface area contributed by atoms with E-state index in [9.17, 15) is 9.59 Å². The molecule has 7 nitrogen and oxygen atoms in total. The average Bonchev–Trinajstić information content (AvgIpc) is 3.03. The van der Waals surface area contributed by atoms with E-state index in [0.717, 1.165) is 5.56 Å². The van der Waals surface area contributed by atoms with Crippen molar-refractivity contribution < 1.29 is 24.2 Å². The van der Waals surface area contributed by atoms with Gasteiger partial charge in [-0.25, -0.2) is 9.79 Å². The summed E-state index contributed by atoms with van der Waals surface area (Å²) in [6.07, 6.45) is 1.70. The largest absolute Gasteiger partial charge is 0.490 e. The van der Waals surface area contributed by atoms with E-state index < -0.39 is 12.6 Å². The molecule has 0 bridgehead atoms. The van der Waals surface area contributed by atoms with Gasteiger partial charge in [0.25, 0.3) is 5.91 Å². The summed E-state index contributed by atoms with van der Waals surface area (Å²) in [5, 5.41) is 12.6. The van der Waals surface area contributed by atoms with Crippen LogP contribution >= 0.6 is 23.4 Å². The van der Waals surface area contributed by atoms with Crippen LogP contribution in [-0.4, -0.2) is 35.4 Å². The number of carboxylic acid groups (broad SMARTS) is 1. The third-order valence-corrected chi connectivity index (χ3v) is 5.27. The third kappa shape index (κ3) is 5.55. The van der Waals surface area contributed by atoms with Crippen LogP contribution in [-0.2, 0) is 9.59 Å². The minimum Gasteiger partial charge on any atom is -0.490 e. The van der Waals surface area contributed by atoms with Crippen LogP contribution in [0.2, 0.25) is 5.02 Å². The summed E-state index contributed by atoms with van der Waals surface area (Å²) in [6, 6.07) is 10.4. The fourth-order valence-corrected chi connectivity index (χ4v) is 3.56. The number of carbonyl (C=O) groups is 2. The predicted octanol–water partition coefficient (Wildman–Crippen LogP) is 4.40. The molecule has 9 heteroatoms. The number of ether oxygens (including phenoxy) is 2. The van der Waals surface area contributed by atoms with Gasteiger partial charge in [-0.05, 0) is 67.1 Å². The van der Waals surface area contributed by atoms with Gasteiger partial charge in [-0.15, -0.1) is 0 Å². The predicted molar refractivity (Wildman–Crippen MR) is 118 cm³/mol. The first-order chi connectivity index (χ1) is 14.4. The van der Waals surface area contributed by atoms with Crippen LogP contribution in [0.15, 0.2) is 46.3 Å². The molecule has 0 spiro atoms. The van der Waals surface area contributed by atoms with Crippen molar-refractivity contribution in [1.29, 1.82) is 0 Å². The number of hydrogen-bond acceptors (Lipinski definition) is 6. The molecule has 3 rings (SSSR count). The van der Waals surface area contributed by atoms with E-state index in [1.54, 1.807) is 30.3 Å². The molecule has 1 aliphatic heterocycles. The van der Waals surface area contributed by atoms with Gasteiger partial charge in [0.2, 0.25) is 0 Å². The monoisotopic (exact) mass is 446 g/mol. The van der Waals surface area contributed by atoms with Crippen molar-refractivity contribution in [3.8, 4) is 11.5 Å². The van der Waals surface area contributed by atoms with Gasteiger partial charge in [0.05, 0.1) is 17.2 Å². The maximum Gasteiger partial charge on any atom is 0.341 e. The first-order valence-corrected chi connectivity index (χ1v) is 10.2. The number of carbonyl (C=O) groups excluding carboxylic acids is 1. The molecular weight excluding hydrogens is 428 g/mol. The van der Waals surface area contributed by atoms with Gasteiger partial charge >= 0.3 is 5.97 Å². The third-order valence-electron chi connectivity index (χ3n) is 3.95. The number of halogens is 1. The number of amidine groups is 1. The highest BCUT2D eigenvalue weighted by Crippen LogP contribution is 2.33. The normalized spacial score (nSPS) is 16.0. The summed E-state index contributed by atoms with van der Waals surface area (Å²) in [6.45, 7) is 3.63. The lowest BCUT2D eigenvalue weighted by molar-refractivity contribution is -0.139. The van der Waals surface area contributed by atoms with E-state index >= 15 is 0 Å². The average molecular weight is 447 g/mol. The van der Waals surface area contributed by atoms with E-state index in [0.29, 0.717) is 44.5 Å². The SMILES string of the molecule is CCOc1cc(/C=C2\SC(=Nc3ccc(C)c(Cl)c3)NC2=O)ccc1OCC(=O)O. The van der Waals surface area contributed by atoms with Gasteiger partial charge in [-0.2, -0.15) is 0 Å². The summed E-state index contributed by atoms with van der Waals surface area (Å²) in [5.74, 6) is -0.617. The first-order valence-electron chi connectivity index (χ1n) is 9.03. The van der Waals surface area contributed by atoms with Crippen LogP contribution < -0.4 is 14.8 Å². The maximum absolute atomic E-state index is 12.3. The second-order valence-electron chi connectivity index (χ2n) is 6.24. The Bertz CT molecular complexity index is 1050. The molecule has 30 heavy (non-hydrogen) atoms. The number of nitrogens with zero attached hydrogens (tertiary/aromatic N) is 1. The van der Waals surface area contributed by atoms with Crippen LogP contribution in [0.4, 0.5) is 5.69 Å². The zero-order valence-corrected chi connectivity index (χ0v) is 17.8. The molecule has 0 aliphatic carbocycles. The van der Waals surface area contributed by atoms with Crippen molar-refractivity contribution >= 4 is 52.2 Å². The van der Waals surface area contributed by atoms with Crippen molar-refractivity contribution in [2.24, 2.45) is 4.99 Å². The minimum absolute atomic E-state index is 0.263. The number of carboxylic acids is 1. The number of aliphatic carboxylic acids is 1. The number of amides is 1. The number of thioether (sulfide) groups is 1. The van der Waals surface area contributed by atoms with E-state index in [4.69, 9.17) is 26.2 Å². The Kier molecular flexibility index (Phi) is 7.02. The van der Waals surface area contributed by atoms with Crippen molar-refractivity contribution in [2.45, 2.75) is 13.8 Å². The molecule has 156 valence electrons. The van der Waals surface area contributed by atoms with E-state index in [-0.39, 0.29) is 5.91 Å². The molecule has 0 unspecified atom stereocenters. The summed E-state index contributed by atoms with van der Waals surface area (Å²) in [5.41, 5.74) is 2.30. The molecule has 2 aromatic carbocycles. The smallest absolute Gasteiger partial charge is 0.341 e. The minimum atomic E-state index is -1.08. The number of nitrogens with one attached hydrogen (secondary N) is 1. The van der Waals surface area contributed by atoms with Crippen LogP contribution in [0.1, 0.15) is 18.1 Å². The highest BCUT2D eigenvalue weighted by atomic mass is 35.5. The molecule has 1 aliphatic rings. The van der Waals surface area contributed by atoms with Crippen molar-refractivity contribution in [3.63, 3.8) is 0 Å². The summed E-state index contributed by atoms with van der Waals surface area (Å²) >= 11 is 7.34. The lowest BCUT2D eigenvalue weighted by atomic mass is 10.2. The Hall–Kier alpha value is -2.97. The summed E-state index contributed by atoms with van der Waals surface area (Å²) < 4.78 is 10.8. The molecule has 1 amide bonds. The van der Waals surface area contributed by atoms with Crippen LogP contribution in [0, 0.1) is 6.92 Å². The van der Waals surface area contributed by atoms with Gasteiger partial charge in [-0.1, -0.05) is 23.7 Å². The topological polar surface area (TPSA) is 97.2 Å². The molecule has 0 atom stereocenters. The highest BCUT2D eigenvalue weighted by Gasteiger charge is 2.24. The Labute approximate surface area is 182 Å². The zero-order chi connectivity index (χ0) is 21.7. The Morgan fingerprint density at radius 2 is 2.03 bits per heavy atom. The maximum atomic E-state index is 12.3. The Balaban J connectivity index is 1.81.